The van der Waals surface area contributed by atoms with Gasteiger partial charge in [0.2, 0.25) is 0 Å². The molecular weight excluding hydrogens is 332 g/mol. The van der Waals surface area contributed by atoms with Crippen molar-refractivity contribution >= 4 is 34.0 Å². The van der Waals surface area contributed by atoms with Crippen molar-refractivity contribution in [2.24, 2.45) is 0 Å². The van der Waals surface area contributed by atoms with Gasteiger partial charge in [0, 0.05) is 6.08 Å². The summed E-state index contributed by atoms with van der Waals surface area (Å²) in [6, 6.07) is 19.6. The molecule has 0 radical (unpaired) electrons. The molecule has 0 aliphatic rings. The van der Waals surface area contributed by atoms with Crippen LogP contribution >= 0.6 is 0 Å². The predicted octanol–water partition coefficient (Wildman–Crippen LogP) is 6.52. The molecule has 134 valence electrons. The number of carbonyl (C=O) groups is 1. The van der Waals surface area contributed by atoms with Crippen LogP contribution in [0.1, 0.15) is 30.5 Å². The smallest absolute Gasteiger partial charge is 0.336 e. The van der Waals surface area contributed by atoms with Crippen LogP contribution in [0.15, 0.2) is 79.9 Å². The van der Waals surface area contributed by atoms with Crippen molar-refractivity contribution in [1.82, 2.24) is 0 Å². The largest absolute Gasteiger partial charge is 0.423 e. The van der Waals surface area contributed by atoms with E-state index in [1.165, 1.54) is 6.08 Å². The highest BCUT2D eigenvalue weighted by molar-refractivity contribution is 5.91. The van der Waals surface area contributed by atoms with Crippen molar-refractivity contribution in [3.8, 4) is 5.75 Å². The minimum Gasteiger partial charge on any atom is -0.423 e. The zero-order valence-corrected chi connectivity index (χ0v) is 15.7. The van der Waals surface area contributed by atoms with Crippen molar-refractivity contribution in [2.45, 2.75) is 13.8 Å². The van der Waals surface area contributed by atoms with Gasteiger partial charge in [-0.3, -0.25) is 0 Å². The molecule has 0 heterocycles. The zero-order valence-electron chi connectivity index (χ0n) is 15.7. The molecule has 0 aromatic heterocycles. The van der Waals surface area contributed by atoms with Crippen molar-refractivity contribution in [3.05, 3.63) is 96.6 Å². The summed E-state index contributed by atoms with van der Waals surface area (Å²) in [5.74, 6) is 0.108. The lowest BCUT2D eigenvalue weighted by atomic mass is 10.0. The summed E-state index contributed by atoms with van der Waals surface area (Å²) >= 11 is 0. The van der Waals surface area contributed by atoms with Crippen molar-refractivity contribution in [2.75, 3.05) is 0 Å². The van der Waals surface area contributed by atoms with E-state index >= 15 is 0 Å². The molecule has 0 amide bonds. The normalized spacial score (nSPS) is 10.9. The van der Waals surface area contributed by atoms with Gasteiger partial charge in [0.1, 0.15) is 5.75 Å². The van der Waals surface area contributed by atoms with Gasteiger partial charge in [0.15, 0.2) is 0 Å². The fourth-order valence-corrected chi connectivity index (χ4v) is 2.76. The number of fused-ring (bicyclic) bond motifs is 1. The third-order valence-electron chi connectivity index (χ3n) is 4.33. The fourth-order valence-electron chi connectivity index (χ4n) is 2.76. The van der Waals surface area contributed by atoms with E-state index in [4.69, 9.17) is 4.74 Å². The number of ether oxygens (including phenoxy) is 1. The summed E-state index contributed by atoms with van der Waals surface area (Å²) in [7, 11) is 0. The first-order chi connectivity index (χ1) is 12.9. The molecule has 27 heavy (non-hydrogen) atoms. The summed E-state index contributed by atoms with van der Waals surface area (Å²) in [5, 5.41) is 2.26. The third kappa shape index (κ3) is 4.62. The number of rotatable bonds is 5. The second-order valence-corrected chi connectivity index (χ2v) is 6.66. The molecule has 0 aliphatic carbocycles. The van der Waals surface area contributed by atoms with E-state index in [2.05, 4.69) is 31.4 Å². The van der Waals surface area contributed by atoms with E-state index in [9.17, 15) is 4.79 Å². The molecule has 3 rings (SSSR count). The van der Waals surface area contributed by atoms with Crippen molar-refractivity contribution in [1.29, 1.82) is 0 Å². The highest BCUT2D eigenvalue weighted by Gasteiger charge is 2.02. The molecule has 0 saturated heterocycles. The van der Waals surface area contributed by atoms with Crippen LogP contribution in [0.2, 0.25) is 0 Å². The van der Waals surface area contributed by atoms with E-state index in [0.717, 1.165) is 38.6 Å². The molecule has 0 bridgehead atoms. The Morgan fingerprint density at radius 3 is 2.07 bits per heavy atom. The maximum atomic E-state index is 12.1. The Bertz CT molecular complexity index is 1050. The third-order valence-corrected chi connectivity index (χ3v) is 4.33. The van der Waals surface area contributed by atoms with Crippen LogP contribution in [0.5, 0.6) is 5.75 Å². The number of carbonyl (C=O) groups excluding carboxylic acids is 1. The summed E-state index contributed by atoms with van der Waals surface area (Å²) in [4.78, 5) is 12.1. The molecule has 0 aliphatic heterocycles. The average molecular weight is 354 g/mol. The Balaban J connectivity index is 1.71. The van der Waals surface area contributed by atoms with Crippen LogP contribution in [-0.4, -0.2) is 5.97 Å². The zero-order chi connectivity index (χ0) is 19.4. The first-order valence-electron chi connectivity index (χ1n) is 8.78. The number of esters is 1. The minimum absolute atomic E-state index is 0.407. The van der Waals surface area contributed by atoms with E-state index in [-0.39, 0.29) is 0 Å². The lowest BCUT2D eigenvalue weighted by Gasteiger charge is -2.05. The molecule has 0 saturated carbocycles. The molecule has 0 unspecified atom stereocenters. The first-order valence-corrected chi connectivity index (χ1v) is 8.78. The molecule has 2 heteroatoms. The van der Waals surface area contributed by atoms with Crippen LogP contribution in [0, 0.1) is 0 Å². The molecule has 3 aromatic rings. The topological polar surface area (TPSA) is 26.3 Å². The molecule has 0 N–H and O–H groups in total. The van der Waals surface area contributed by atoms with Crippen molar-refractivity contribution in [3.63, 3.8) is 0 Å². The summed E-state index contributed by atoms with van der Waals surface area (Å²) < 4.78 is 5.34. The summed E-state index contributed by atoms with van der Waals surface area (Å²) in [6.45, 7) is 11.8. The number of benzene rings is 3. The SMILES string of the molecule is C=C(C)c1ccc(OC(=O)/C=C/c2ccc3cc(C(=C)C)ccc3c2)cc1. The van der Waals surface area contributed by atoms with Gasteiger partial charge < -0.3 is 4.74 Å². The number of hydrogen-bond donors (Lipinski definition) is 0. The first kappa shape index (κ1) is 18.4. The Morgan fingerprint density at radius 1 is 0.815 bits per heavy atom. The highest BCUT2D eigenvalue weighted by Crippen LogP contribution is 2.22. The number of allylic oxidation sites excluding steroid dienone is 2. The molecular formula is C25H22O2. The Hall–Kier alpha value is -3.39. The van der Waals surface area contributed by atoms with Gasteiger partial charge in [0.25, 0.3) is 0 Å². The minimum atomic E-state index is -0.407. The summed E-state index contributed by atoms with van der Waals surface area (Å²) in [5.41, 5.74) is 5.11. The van der Waals surface area contributed by atoms with E-state index < -0.39 is 5.97 Å². The van der Waals surface area contributed by atoms with Gasteiger partial charge in [-0.2, -0.15) is 0 Å². The lowest BCUT2D eigenvalue weighted by molar-refractivity contribution is -0.128. The summed E-state index contributed by atoms with van der Waals surface area (Å²) in [6.07, 6.45) is 3.20. The van der Waals surface area contributed by atoms with Crippen molar-refractivity contribution < 1.29 is 9.53 Å². The molecule has 0 fully saturated rings. The van der Waals surface area contributed by atoms with Crippen LogP contribution in [-0.2, 0) is 4.79 Å². The number of hydrogen-bond acceptors (Lipinski definition) is 2. The molecule has 3 aromatic carbocycles. The quantitative estimate of drug-likeness (QED) is 0.296. The van der Waals surface area contributed by atoms with Gasteiger partial charge >= 0.3 is 5.97 Å². The van der Waals surface area contributed by atoms with E-state index in [1.54, 1.807) is 18.2 Å². The maximum Gasteiger partial charge on any atom is 0.336 e. The Labute approximate surface area is 160 Å². The van der Waals surface area contributed by atoms with Gasteiger partial charge in [-0.15, -0.1) is 0 Å². The lowest BCUT2D eigenvalue weighted by Crippen LogP contribution is -2.03. The van der Waals surface area contributed by atoms with Gasteiger partial charge in [-0.25, -0.2) is 4.79 Å². The van der Waals surface area contributed by atoms with Crippen LogP contribution in [0.4, 0.5) is 0 Å². The second kappa shape index (κ2) is 7.88. The van der Waals surface area contributed by atoms with Gasteiger partial charge in [0.05, 0.1) is 0 Å². The second-order valence-electron chi connectivity index (χ2n) is 6.66. The highest BCUT2D eigenvalue weighted by atomic mass is 16.5. The van der Waals surface area contributed by atoms with Crippen LogP contribution in [0.3, 0.4) is 0 Å². The van der Waals surface area contributed by atoms with E-state index in [1.807, 2.05) is 44.2 Å². The average Bonchev–Trinajstić information content (AvgIpc) is 2.66. The molecule has 0 atom stereocenters. The van der Waals surface area contributed by atoms with E-state index in [0.29, 0.717) is 5.75 Å². The van der Waals surface area contributed by atoms with Crippen LogP contribution in [0.25, 0.3) is 28.0 Å². The molecule has 2 nitrogen and oxygen atoms in total. The Morgan fingerprint density at radius 2 is 1.41 bits per heavy atom. The predicted molar refractivity (Wildman–Crippen MR) is 114 cm³/mol. The van der Waals surface area contributed by atoms with Gasteiger partial charge in [-0.1, -0.05) is 60.7 Å². The van der Waals surface area contributed by atoms with Crippen LogP contribution < -0.4 is 4.74 Å². The standard InChI is InChI=1S/C25H22O2/c1-17(2)20-10-12-24(13-11-20)27-25(26)14-6-19-5-7-23-16-21(18(3)4)8-9-22(23)15-19/h5-16H,1,3H2,2,4H3/b14-6+. The Kier molecular flexibility index (Phi) is 5.37. The van der Waals surface area contributed by atoms with Gasteiger partial charge in [-0.05, 0) is 71.7 Å². The maximum absolute atomic E-state index is 12.1. The monoisotopic (exact) mass is 354 g/mol. The fraction of sp³-hybridized carbons (Fsp3) is 0.0800. The molecule has 0 spiro atoms.